The summed E-state index contributed by atoms with van der Waals surface area (Å²) in [6, 6.07) is 16.1. The molecule has 0 saturated carbocycles. The van der Waals surface area contributed by atoms with Crippen LogP contribution >= 0.6 is 0 Å². The van der Waals surface area contributed by atoms with Crippen LogP contribution in [0.5, 0.6) is 5.75 Å². The number of methoxy groups -OCH3 is 1. The summed E-state index contributed by atoms with van der Waals surface area (Å²) in [5.41, 5.74) is 4.22. The number of hydrogen-bond acceptors (Lipinski definition) is 6. The third-order valence-electron chi connectivity index (χ3n) is 5.74. The lowest BCUT2D eigenvalue weighted by atomic mass is 9.85. The van der Waals surface area contributed by atoms with Gasteiger partial charge in [-0.15, -0.1) is 5.10 Å². The Morgan fingerprint density at radius 1 is 1.21 bits per heavy atom. The molecule has 34 heavy (non-hydrogen) atoms. The van der Waals surface area contributed by atoms with Crippen LogP contribution in [-0.2, 0) is 12.1 Å². The molecule has 0 aliphatic carbocycles. The molecular formula is C26H27N7O. The number of imidazole rings is 1. The lowest BCUT2D eigenvalue weighted by Gasteiger charge is -2.37. The van der Waals surface area contributed by atoms with E-state index in [9.17, 15) is 0 Å². The number of allylic oxidation sites excluding steroid dienone is 1. The number of rotatable bonds is 8. The minimum absolute atomic E-state index is 0.502. The van der Waals surface area contributed by atoms with E-state index in [0.717, 1.165) is 34.0 Å². The van der Waals surface area contributed by atoms with Crippen molar-refractivity contribution in [3.05, 3.63) is 103 Å². The van der Waals surface area contributed by atoms with Crippen molar-refractivity contribution in [3.8, 4) is 11.4 Å². The van der Waals surface area contributed by atoms with Crippen LogP contribution in [0, 0.1) is 6.92 Å². The predicted molar refractivity (Wildman–Crippen MR) is 132 cm³/mol. The number of benzene rings is 2. The van der Waals surface area contributed by atoms with Gasteiger partial charge in [-0.3, -0.25) is 0 Å². The molecule has 4 aromatic rings. The van der Waals surface area contributed by atoms with E-state index < -0.39 is 5.54 Å². The first-order valence-electron chi connectivity index (χ1n) is 11.1. The number of aryl methyl sites for hydroxylation is 1. The first kappa shape index (κ1) is 21.5. The second kappa shape index (κ2) is 8.55. The summed E-state index contributed by atoms with van der Waals surface area (Å²) in [6.07, 6.45) is 7.77. The van der Waals surface area contributed by atoms with Crippen molar-refractivity contribution in [1.29, 1.82) is 0 Å². The molecule has 1 aliphatic heterocycles. The molecule has 1 unspecified atom stereocenters. The molecule has 0 bridgehead atoms. The highest BCUT2D eigenvalue weighted by molar-refractivity contribution is 5.62. The lowest BCUT2D eigenvalue weighted by molar-refractivity contribution is 0.413. The van der Waals surface area contributed by atoms with Crippen LogP contribution in [0.1, 0.15) is 24.0 Å². The zero-order valence-electron chi connectivity index (χ0n) is 19.5. The Kier molecular flexibility index (Phi) is 5.41. The summed E-state index contributed by atoms with van der Waals surface area (Å²) in [4.78, 5) is 9.20. The minimum Gasteiger partial charge on any atom is -0.494 e. The molecule has 8 heteroatoms. The summed E-state index contributed by atoms with van der Waals surface area (Å²) in [5.74, 6) is 2.01. The van der Waals surface area contributed by atoms with E-state index in [1.165, 1.54) is 0 Å². The van der Waals surface area contributed by atoms with Crippen molar-refractivity contribution < 1.29 is 4.74 Å². The zero-order valence-corrected chi connectivity index (χ0v) is 19.5. The van der Waals surface area contributed by atoms with Gasteiger partial charge in [0.25, 0.3) is 0 Å². The largest absolute Gasteiger partial charge is 0.494 e. The second-order valence-electron chi connectivity index (χ2n) is 8.46. The number of aromatic nitrogens is 5. The fourth-order valence-corrected chi connectivity index (χ4v) is 4.10. The molecule has 8 nitrogen and oxygen atoms in total. The van der Waals surface area contributed by atoms with Crippen molar-refractivity contribution in [3.63, 3.8) is 0 Å². The van der Waals surface area contributed by atoms with Crippen molar-refractivity contribution in [2.45, 2.75) is 25.9 Å². The summed E-state index contributed by atoms with van der Waals surface area (Å²) in [6.45, 7) is 8.58. The van der Waals surface area contributed by atoms with Crippen LogP contribution in [0.4, 0.5) is 11.6 Å². The molecule has 3 heterocycles. The minimum atomic E-state index is -0.537. The fraction of sp³-hybridized carbons (Fsp3) is 0.192. The Balaban J connectivity index is 1.50. The normalized spacial score (nSPS) is 16.6. The Bertz CT molecular complexity index is 1370. The van der Waals surface area contributed by atoms with Gasteiger partial charge in [0, 0.05) is 18.0 Å². The maximum Gasteiger partial charge on any atom is 0.246 e. The smallest absolute Gasteiger partial charge is 0.246 e. The van der Waals surface area contributed by atoms with Crippen molar-refractivity contribution in [2.24, 2.45) is 0 Å². The van der Waals surface area contributed by atoms with Crippen LogP contribution in [0.25, 0.3) is 5.69 Å². The Morgan fingerprint density at radius 3 is 2.62 bits per heavy atom. The van der Waals surface area contributed by atoms with Crippen LogP contribution in [-0.4, -0.2) is 31.4 Å². The quantitative estimate of drug-likeness (QED) is 0.383. The van der Waals surface area contributed by atoms with E-state index in [4.69, 9.17) is 14.8 Å². The van der Waals surface area contributed by atoms with Gasteiger partial charge in [0.05, 0.1) is 31.4 Å². The monoisotopic (exact) mass is 453 g/mol. The maximum absolute atomic E-state index is 5.64. The summed E-state index contributed by atoms with van der Waals surface area (Å²) in [7, 11) is 1.66. The van der Waals surface area contributed by atoms with Crippen LogP contribution in [0.3, 0.4) is 0 Å². The molecule has 0 fully saturated rings. The molecule has 2 N–H and O–H groups in total. The first-order valence-corrected chi connectivity index (χ1v) is 11.1. The van der Waals surface area contributed by atoms with Gasteiger partial charge in [-0.2, -0.15) is 4.98 Å². The topological polar surface area (TPSA) is 81.8 Å². The zero-order chi connectivity index (χ0) is 23.7. The second-order valence-corrected chi connectivity index (χ2v) is 8.46. The molecule has 172 valence electrons. The van der Waals surface area contributed by atoms with Gasteiger partial charge < -0.3 is 19.9 Å². The maximum atomic E-state index is 5.64. The number of ether oxygens (including phenoxy) is 1. The first-order chi connectivity index (χ1) is 16.5. The molecule has 2 aromatic heterocycles. The third kappa shape index (κ3) is 3.83. The van der Waals surface area contributed by atoms with E-state index in [2.05, 4.69) is 40.4 Å². The Morgan fingerprint density at radius 2 is 2.00 bits per heavy atom. The lowest BCUT2D eigenvalue weighted by Crippen LogP contribution is -2.47. The summed E-state index contributed by atoms with van der Waals surface area (Å²) < 4.78 is 9.48. The Hall–Kier alpha value is -4.33. The number of nitrogens with zero attached hydrogens (tertiary/aromatic N) is 5. The average molecular weight is 454 g/mol. The van der Waals surface area contributed by atoms with E-state index in [0.29, 0.717) is 18.2 Å². The van der Waals surface area contributed by atoms with Crippen LogP contribution in [0.15, 0.2) is 85.5 Å². The summed E-state index contributed by atoms with van der Waals surface area (Å²) >= 11 is 0. The van der Waals surface area contributed by atoms with Crippen LogP contribution < -0.4 is 15.4 Å². The molecular weight excluding hydrogens is 426 g/mol. The molecule has 5 rings (SSSR count). The highest BCUT2D eigenvalue weighted by Gasteiger charge is 2.40. The van der Waals surface area contributed by atoms with E-state index in [-0.39, 0.29) is 0 Å². The van der Waals surface area contributed by atoms with Gasteiger partial charge in [0.2, 0.25) is 5.95 Å². The Labute approximate surface area is 198 Å². The number of nitrogens with one attached hydrogen (secondary N) is 2. The van der Waals surface area contributed by atoms with Gasteiger partial charge in [-0.1, -0.05) is 42.5 Å². The van der Waals surface area contributed by atoms with E-state index in [1.54, 1.807) is 13.4 Å². The molecule has 0 spiro atoms. The predicted octanol–water partition coefficient (Wildman–Crippen LogP) is 4.46. The van der Waals surface area contributed by atoms with E-state index in [1.807, 2.05) is 71.9 Å². The van der Waals surface area contributed by atoms with Crippen molar-refractivity contribution in [1.82, 2.24) is 29.6 Å². The molecule has 0 saturated heterocycles. The number of hydrogen-bond donors (Lipinski definition) is 2. The van der Waals surface area contributed by atoms with Crippen molar-refractivity contribution >= 4 is 11.6 Å². The molecule has 0 amide bonds. The van der Waals surface area contributed by atoms with Gasteiger partial charge in [-0.25, -0.2) is 9.67 Å². The van der Waals surface area contributed by atoms with Gasteiger partial charge in [0.15, 0.2) is 5.82 Å². The number of anilines is 2. The van der Waals surface area contributed by atoms with Gasteiger partial charge in [-0.05, 0) is 43.8 Å². The molecule has 0 radical (unpaired) electrons. The van der Waals surface area contributed by atoms with Crippen molar-refractivity contribution in [2.75, 3.05) is 12.4 Å². The molecule has 1 atom stereocenters. The van der Waals surface area contributed by atoms with Gasteiger partial charge >= 0.3 is 0 Å². The highest BCUT2D eigenvalue weighted by atomic mass is 16.5. The fourth-order valence-electron chi connectivity index (χ4n) is 4.10. The summed E-state index contributed by atoms with van der Waals surface area (Å²) in [5, 5.41) is 11.5. The molecule has 1 aliphatic rings. The van der Waals surface area contributed by atoms with E-state index >= 15 is 0 Å². The van der Waals surface area contributed by atoms with Crippen LogP contribution in [0.2, 0.25) is 0 Å². The molecule has 2 aromatic carbocycles. The SMILES string of the molecule is C=C(C)Cn1nc(Nc2ccc(-n3cnc(C)c3)c(OC)c2)nc1C1(c2ccccc2)C=CN1. The van der Waals surface area contributed by atoms with Gasteiger partial charge in [0.1, 0.15) is 11.3 Å². The average Bonchev–Trinajstić information content (AvgIpc) is 3.39. The third-order valence-corrected chi connectivity index (χ3v) is 5.74. The highest BCUT2D eigenvalue weighted by Crippen LogP contribution is 2.36. The standard InChI is InChI=1S/C26H27N7O/c1-18(2)15-33-24(26(12-13-28-26)20-8-6-5-7-9-20)30-25(31-33)29-21-10-11-22(23(14-21)34-4)32-16-19(3)27-17-32/h5-14,16-17,28H,1,15H2,2-4H3,(H,29,31).